The number of ether oxygens (including phenoxy) is 1. The summed E-state index contributed by atoms with van der Waals surface area (Å²) < 4.78 is 5.39. The highest BCUT2D eigenvalue weighted by atomic mass is 16.5. The third kappa shape index (κ3) is 4.49. The Hall–Kier alpha value is -0.120. The first-order chi connectivity index (χ1) is 7.20. The topological polar surface area (TPSA) is 47.3 Å². The van der Waals surface area contributed by atoms with Gasteiger partial charge in [-0.3, -0.25) is 0 Å². The van der Waals surface area contributed by atoms with Crippen LogP contribution in [0.1, 0.15) is 33.1 Å². The summed E-state index contributed by atoms with van der Waals surface area (Å²) in [6, 6.07) is 0. The van der Waals surface area contributed by atoms with E-state index in [1.165, 1.54) is 19.3 Å². The summed E-state index contributed by atoms with van der Waals surface area (Å²) in [5, 5.41) is 3.56. The molecule has 3 N–H and O–H groups in total. The molecule has 0 radical (unpaired) electrons. The monoisotopic (exact) mass is 214 g/mol. The van der Waals surface area contributed by atoms with Crippen LogP contribution in [0.15, 0.2) is 0 Å². The molecular weight excluding hydrogens is 188 g/mol. The van der Waals surface area contributed by atoms with Gasteiger partial charge in [0.05, 0.1) is 0 Å². The van der Waals surface area contributed by atoms with Crippen LogP contribution in [-0.2, 0) is 4.74 Å². The molecule has 1 aliphatic heterocycles. The molecule has 0 aromatic carbocycles. The first kappa shape index (κ1) is 12.9. The smallest absolute Gasteiger partial charge is 0.0471 e. The van der Waals surface area contributed by atoms with Crippen molar-refractivity contribution in [1.82, 2.24) is 5.32 Å². The molecule has 1 fully saturated rings. The molecule has 0 bridgehead atoms. The summed E-state index contributed by atoms with van der Waals surface area (Å²) >= 11 is 0. The van der Waals surface area contributed by atoms with E-state index in [0.29, 0.717) is 11.3 Å². The molecule has 0 aromatic heterocycles. The van der Waals surface area contributed by atoms with E-state index in [2.05, 4.69) is 19.2 Å². The van der Waals surface area contributed by atoms with Crippen molar-refractivity contribution in [2.45, 2.75) is 33.1 Å². The van der Waals surface area contributed by atoms with E-state index in [1.807, 2.05) is 0 Å². The van der Waals surface area contributed by atoms with E-state index in [4.69, 9.17) is 10.5 Å². The minimum absolute atomic E-state index is 0.436. The molecule has 1 saturated heterocycles. The fourth-order valence-electron chi connectivity index (χ4n) is 2.01. The highest BCUT2D eigenvalue weighted by Gasteiger charge is 2.26. The maximum absolute atomic E-state index is 5.68. The van der Waals surface area contributed by atoms with E-state index < -0.39 is 0 Å². The van der Waals surface area contributed by atoms with Gasteiger partial charge < -0.3 is 15.8 Å². The van der Waals surface area contributed by atoms with Crippen molar-refractivity contribution in [1.29, 1.82) is 0 Å². The Morgan fingerprint density at radius 1 is 1.40 bits per heavy atom. The lowest BCUT2D eigenvalue weighted by Gasteiger charge is -2.34. The van der Waals surface area contributed by atoms with Crippen molar-refractivity contribution < 1.29 is 4.74 Å². The van der Waals surface area contributed by atoms with E-state index >= 15 is 0 Å². The fraction of sp³-hybridized carbons (Fsp3) is 1.00. The molecule has 0 aliphatic carbocycles. The zero-order chi connectivity index (χ0) is 11.1. The van der Waals surface area contributed by atoms with Crippen LogP contribution in [-0.4, -0.2) is 32.8 Å². The fourth-order valence-corrected chi connectivity index (χ4v) is 2.01. The Morgan fingerprint density at radius 3 is 2.60 bits per heavy atom. The maximum Gasteiger partial charge on any atom is 0.0471 e. The number of nitrogens with one attached hydrogen (secondary N) is 1. The average Bonchev–Trinajstić information content (AvgIpc) is 2.25. The van der Waals surface area contributed by atoms with Gasteiger partial charge in [0.1, 0.15) is 0 Å². The molecule has 3 nitrogen and oxygen atoms in total. The van der Waals surface area contributed by atoms with Gasteiger partial charge in [0, 0.05) is 19.8 Å². The molecule has 15 heavy (non-hydrogen) atoms. The van der Waals surface area contributed by atoms with Gasteiger partial charge in [0.25, 0.3) is 0 Å². The third-order valence-electron chi connectivity index (χ3n) is 3.60. The normalized spacial score (nSPS) is 22.6. The molecule has 1 aliphatic rings. The molecule has 0 spiro atoms. The van der Waals surface area contributed by atoms with Crippen LogP contribution in [0, 0.1) is 11.3 Å². The summed E-state index contributed by atoms with van der Waals surface area (Å²) in [6.45, 7) is 9.36. The van der Waals surface area contributed by atoms with Gasteiger partial charge in [-0.05, 0) is 37.3 Å². The Labute approximate surface area is 93.8 Å². The van der Waals surface area contributed by atoms with Gasteiger partial charge in [-0.15, -0.1) is 0 Å². The highest BCUT2D eigenvalue weighted by molar-refractivity contribution is 4.79. The van der Waals surface area contributed by atoms with E-state index in [-0.39, 0.29) is 0 Å². The van der Waals surface area contributed by atoms with Crippen LogP contribution < -0.4 is 11.1 Å². The molecule has 3 heteroatoms. The van der Waals surface area contributed by atoms with Crippen LogP contribution in [0.5, 0.6) is 0 Å². The Morgan fingerprint density at radius 2 is 2.07 bits per heavy atom. The van der Waals surface area contributed by atoms with E-state index in [0.717, 1.165) is 32.8 Å². The molecule has 0 amide bonds. The van der Waals surface area contributed by atoms with Gasteiger partial charge in [-0.2, -0.15) is 0 Å². The number of hydrogen-bond acceptors (Lipinski definition) is 3. The van der Waals surface area contributed by atoms with Gasteiger partial charge in [-0.25, -0.2) is 0 Å². The van der Waals surface area contributed by atoms with Crippen LogP contribution >= 0.6 is 0 Å². The molecule has 1 heterocycles. The lowest BCUT2D eigenvalue weighted by Crippen LogP contribution is -2.39. The van der Waals surface area contributed by atoms with Crippen LogP contribution in [0.2, 0.25) is 0 Å². The summed E-state index contributed by atoms with van der Waals surface area (Å²) in [5.74, 6) is 0.633. The standard InChI is InChI=1S/C12H26N2O/c1-3-11(8-13)9-14-10-12(2)4-6-15-7-5-12/h11,14H,3-10,13H2,1-2H3. The van der Waals surface area contributed by atoms with Crippen molar-refractivity contribution in [3.63, 3.8) is 0 Å². The van der Waals surface area contributed by atoms with Crippen molar-refractivity contribution in [2.75, 3.05) is 32.8 Å². The van der Waals surface area contributed by atoms with E-state index in [1.54, 1.807) is 0 Å². The molecule has 1 atom stereocenters. The average molecular weight is 214 g/mol. The minimum atomic E-state index is 0.436. The summed E-state index contributed by atoms with van der Waals surface area (Å²) in [4.78, 5) is 0. The molecule has 90 valence electrons. The molecule has 1 unspecified atom stereocenters. The van der Waals surface area contributed by atoms with Gasteiger partial charge >= 0.3 is 0 Å². The van der Waals surface area contributed by atoms with Gasteiger partial charge in [0.2, 0.25) is 0 Å². The zero-order valence-corrected chi connectivity index (χ0v) is 10.2. The van der Waals surface area contributed by atoms with E-state index in [9.17, 15) is 0 Å². The summed E-state index contributed by atoms with van der Waals surface area (Å²) in [7, 11) is 0. The quantitative estimate of drug-likeness (QED) is 0.702. The molecule has 1 rings (SSSR count). The van der Waals surface area contributed by atoms with Gasteiger partial charge in [0.15, 0.2) is 0 Å². The van der Waals surface area contributed by atoms with Crippen molar-refractivity contribution >= 4 is 0 Å². The predicted octanol–water partition coefficient (Wildman–Crippen LogP) is 1.38. The Balaban J connectivity index is 2.17. The largest absolute Gasteiger partial charge is 0.381 e. The second kappa shape index (κ2) is 6.46. The number of rotatable bonds is 6. The van der Waals surface area contributed by atoms with Crippen LogP contribution in [0.3, 0.4) is 0 Å². The summed E-state index contributed by atoms with van der Waals surface area (Å²) in [6.07, 6.45) is 3.53. The zero-order valence-electron chi connectivity index (χ0n) is 10.2. The van der Waals surface area contributed by atoms with Gasteiger partial charge in [-0.1, -0.05) is 20.3 Å². The number of nitrogens with two attached hydrogens (primary N) is 1. The minimum Gasteiger partial charge on any atom is -0.381 e. The summed E-state index contributed by atoms with van der Waals surface area (Å²) in [5.41, 5.74) is 6.11. The first-order valence-electron chi connectivity index (χ1n) is 6.19. The lowest BCUT2D eigenvalue weighted by molar-refractivity contribution is 0.0238. The maximum atomic E-state index is 5.68. The molecule has 0 aromatic rings. The van der Waals surface area contributed by atoms with Crippen LogP contribution in [0.4, 0.5) is 0 Å². The highest BCUT2D eigenvalue weighted by Crippen LogP contribution is 2.28. The molecule has 0 saturated carbocycles. The Bertz CT molecular complexity index is 163. The first-order valence-corrected chi connectivity index (χ1v) is 6.19. The molecular formula is C12H26N2O. The third-order valence-corrected chi connectivity index (χ3v) is 3.60. The SMILES string of the molecule is CCC(CN)CNCC1(C)CCOCC1. The second-order valence-electron chi connectivity index (χ2n) is 5.06. The predicted molar refractivity (Wildman–Crippen MR) is 63.9 cm³/mol. The van der Waals surface area contributed by atoms with Crippen LogP contribution in [0.25, 0.3) is 0 Å². The van der Waals surface area contributed by atoms with Crippen molar-refractivity contribution in [3.05, 3.63) is 0 Å². The Kier molecular flexibility index (Phi) is 5.58. The second-order valence-corrected chi connectivity index (χ2v) is 5.06. The van der Waals surface area contributed by atoms with Crippen molar-refractivity contribution in [3.8, 4) is 0 Å². The lowest BCUT2D eigenvalue weighted by atomic mass is 9.82. The van der Waals surface area contributed by atoms with Crippen molar-refractivity contribution in [2.24, 2.45) is 17.1 Å². The number of hydrogen-bond donors (Lipinski definition) is 2.